The van der Waals surface area contributed by atoms with Crippen LogP contribution in [0.25, 0.3) is 0 Å². The van der Waals surface area contributed by atoms with E-state index in [4.69, 9.17) is 0 Å². The summed E-state index contributed by atoms with van der Waals surface area (Å²) in [5.74, 6) is -0.408. The van der Waals surface area contributed by atoms with Gasteiger partial charge in [0.25, 0.3) is 0 Å². The number of hydrogen-bond acceptors (Lipinski definition) is 3. The minimum atomic E-state index is -3.67. The van der Waals surface area contributed by atoms with Gasteiger partial charge in [0.2, 0.25) is 10.0 Å². The molecule has 0 spiro atoms. The smallest absolute Gasteiger partial charge is 0.240 e. The van der Waals surface area contributed by atoms with Crippen LogP contribution in [-0.4, -0.2) is 20.2 Å². The summed E-state index contributed by atoms with van der Waals surface area (Å²) in [6.45, 7) is 0. The number of Topliss-reactive ketones (excluding diaryl/α,β-unsaturated/α-hetero) is 1. The summed E-state index contributed by atoms with van der Waals surface area (Å²) in [4.78, 5) is 11.3. The zero-order chi connectivity index (χ0) is 13.2. The van der Waals surface area contributed by atoms with Crippen molar-refractivity contribution in [2.45, 2.75) is 36.6 Å². The maximum atomic E-state index is 12.7. The fourth-order valence-electron chi connectivity index (χ4n) is 2.03. The van der Waals surface area contributed by atoms with E-state index in [1.54, 1.807) is 0 Å². The van der Waals surface area contributed by atoms with Crippen molar-refractivity contribution in [1.82, 2.24) is 4.72 Å². The average molecular weight is 271 g/mol. The fraction of sp³-hybridized carbons (Fsp3) is 0.417. The molecule has 0 aromatic heterocycles. The zero-order valence-electron chi connectivity index (χ0n) is 9.73. The van der Waals surface area contributed by atoms with Gasteiger partial charge in [0, 0.05) is 18.9 Å². The molecule has 0 saturated heterocycles. The van der Waals surface area contributed by atoms with E-state index in [9.17, 15) is 17.6 Å². The van der Waals surface area contributed by atoms with Gasteiger partial charge in [0.15, 0.2) is 0 Å². The van der Waals surface area contributed by atoms with Gasteiger partial charge in [-0.25, -0.2) is 17.5 Å². The van der Waals surface area contributed by atoms with Crippen LogP contribution in [0.15, 0.2) is 29.2 Å². The Balaban J connectivity index is 2.11. The van der Waals surface area contributed by atoms with E-state index in [0.717, 1.165) is 12.1 Å². The lowest BCUT2D eigenvalue weighted by atomic mass is 9.95. The Bertz CT molecular complexity index is 539. The van der Waals surface area contributed by atoms with E-state index in [1.165, 1.54) is 12.1 Å². The Hall–Kier alpha value is -1.27. The molecule has 1 aliphatic carbocycles. The molecule has 1 unspecified atom stereocenters. The molecule has 1 aliphatic rings. The number of sulfonamides is 1. The third-order valence-corrected chi connectivity index (χ3v) is 4.46. The summed E-state index contributed by atoms with van der Waals surface area (Å²) >= 11 is 0. The first kappa shape index (κ1) is 13.2. The molecule has 18 heavy (non-hydrogen) atoms. The van der Waals surface area contributed by atoms with Gasteiger partial charge in [-0.15, -0.1) is 0 Å². The average Bonchev–Trinajstić information content (AvgIpc) is 2.29. The lowest BCUT2D eigenvalue weighted by Gasteiger charge is -2.21. The summed E-state index contributed by atoms with van der Waals surface area (Å²) in [6.07, 6.45) is 2.12. The highest BCUT2D eigenvalue weighted by Gasteiger charge is 2.24. The molecule has 1 saturated carbocycles. The molecule has 0 amide bonds. The topological polar surface area (TPSA) is 63.2 Å². The van der Waals surface area contributed by atoms with Gasteiger partial charge < -0.3 is 0 Å². The van der Waals surface area contributed by atoms with Gasteiger partial charge in [-0.05, 0) is 37.1 Å². The largest absolute Gasteiger partial charge is 0.300 e. The predicted molar refractivity (Wildman–Crippen MR) is 64.0 cm³/mol. The number of nitrogens with one attached hydrogen (secondary N) is 1. The summed E-state index contributed by atoms with van der Waals surface area (Å²) in [7, 11) is -3.67. The molecule has 0 radical (unpaired) electrons. The van der Waals surface area contributed by atoms with Crippen LogP contribution in [-0.2, 0) is 14.8 Å². The number of carbonyl (C=O) groups is 1. The minimum Gasteiger partial charge on any atom is -0.300 e. The molecule has 1 aromatic rings. The van der Waals surface area contributed by atoms with Crippen molar-refractivity contribution in [2.75, 3.05) is 0 Å². The van der Waals surface area contributed by atoms with Crippen molar-refractivity contribution in [3.05, 3.63) is 30.1 Å². The van der Waals surface area contributed by atoms with Crippen molar-refractivity contribution in [3.63, 3.8) is 0 Å². The number of benzene rings is 1. The second-order valence-corrected chi connectivity index (χ2v) is 6.12. The van der Waals surface area contributed by atoms with Crippen LogP contribution in [0.1, 0.15) is 25.7 Å². The molecule has 1 aromatic carbocycles. The Kier molecular flexibility index (Phi) is 3.77. The minimum absolute atomic E-state index is 0.0157. The SMILES string of the molecule is O=C1CCCC(NS(=O)(=O)c2ccc(F)cc2)C1. The Labute approximate surface area is 105 Å². The van der Waals surface area contributed by atoms with E-state index in [0.29, 0.717) is 19.3 Å². The summed E-state index contributed by atoms with van der Waals surface area (Å²) in [6, 6.07) is 4.27. The normalized spacial score (nSPS) is 20.9. The quantitative estimate of drug-likeness (QED) is 0.908. The van der Waals surface area contributed by atoms with Crippen molar-refractivity contribution in [3.8, 4) is 0 Å². The van der Waals surface area contributed by atoms with E-state index in [2.05, 4.69) is 4.72 Å². The van der Waals surface area contributed by atoms with Crippen LogP contribution in [0.4, 0.5) is 4.39 Å². The molecule has 1 atom stereocenters. The first-order chi connectivity index (χ1) is 8.47. The lowest BCUT2D eigenvalue weighted by molar-refractivity contribution is -0.120. The molecule has 2 rings (SSSR count). The maximum absolute atomic E-state index is 12.7. The molecule has 0 aliphatic heterocycles. The highest BCUT2D eigenvalue weighted by Crippen LogP contribution is 2.18. The Morgan fingerprint density at radius 3 is 2.50 bits per heavy atom. The van der Waals surface area contributed by atoms with Gasteiger partial charge in [-0.2, -0.15) is 0 Å². The van der Waals surface area contributed by atoms with Gasteiger partial charge >= 0.3 is 0 Å². The van der Waals surface area contributed by atoms with Gasteiger partial charge in [0.1, 0.15) is 11.6 Å². The fourth-order valence-corrected chi connectivity index (χ4v) is 3.30. The molecule has 0 bridgehead atoms. The van der Waals surface area contributed by atoms with Gasteiger partial charge in [0.05, 0.1) is 4.90 Å². The van der Waals surface area contributed by atoms with Crippen molar-refractivity contribution in [2.24, 2.45) is 0 Å². The third-order valence-electron chi connectivity index (χ3n) is 2.93. The monoisotopic (exact) mass is 271 g/mol. The number of hydrogen-bond donors (Lipinski definition) is 1. The van der Waals surface area contributed by atoms with Crippen LogP contribution < -0.4 is 4.72 Å². The van der Waals surface area contributed by atoms with E-state index < -0.39 is 15.8 Å². The van der Waals surface area contributed by atoms with Crippen molar-refractivity contribution < 1.29 is 17.6 Å². The first-order valence-corrected chi connectivity index (χ1v) is 7.25. The first-order valence-electron chi connectivity index (χ1n) is 5.77. The lowest BCUT2D eigenvalue weighted by Crippen LogP contribution is -2.38. The van der Waals surface area contributed by atoms with Crippen LogP contribution >= 0.6 is 0 Å². The van der Waals surface area contributed by atoms with Crippen molar-refractivity contribution in [1.29, 1.82) is 0 Å². The molecule has 0 heterocycles. The molecule has 1 N–H and O–H groups in total. The number of ketones is 1. The Morgan fingerprint density at radius 1 is 1.22 bits per heavy atom. The Morgan fingerprint density at radius 2 is 1.89 bits per heavy atom. The van der Waals surface area contributed by atoms with Gasteiger partial charge in [-0.1, -0.05) is 0 Å². The number of rotatable bonds is 3. The molecule has 98 valence electrons. The highest BCUT2D eigenvalue weighted by atomic mass is 32.2. The van der Waals surface area contributed by atoms with Crippen LogP contribution in [0.5, 0.6) is 0 Å². The molecule has 6 heteroatoms. The highest BCUT2D eigenvalue weighted by molar-refractivity contribution is 7.89. The molecular weight excluding hydrogens is 257 g/mol. The van der Waals surface area contributed by atoms with E-state index in [1.807, 2.05) is 0 Å². The molecule has 1 fully saturated rings. The summed E-state index contributed by atoms with van der Waals surface area (Å²) in [5, 5.41) is 0. The maximum Gasteiger partial charge on any atom is 0.240 e. The summed E-state index contributed by atoms with van der Waals surface area (Å²) < 4.78 is 39.2. The van der Waals surface area contributed by atoms with Gasteiger partial charge in [-0.3, -0.25) is 4.79 Å². The third kappa shape index (κ3) is 3.14. The second-order valence-electron chi connectivity index (χ2n) is 4.41. The molecular formula is C12H14FNO3S. The van der Waals surface area contributed by atoms with Crippen LogP contribution in [0, 0.1) is 5.82 Å². The van der Waals surface area contributed by atoms with Crippen LogP contribution in [0.3, 0.4) is 0 Å². The van der Waals surface area contributed by atoms with Crippen molar-refractivity contribution >= 4 is 15.8 Å². The zero-order valence-corrected chi connectivity index (χ0v) is 10.5. The molecule has 4 nitrogen and oxygen atoms in total. The van der Waals surface area contributed by atoms with Crippen LogP contribution in [0.2, 0.25) is 0 Å². The number of halogens is 1. The van der Waals surface area contributed by atoms with E-state index in [-0.39, 0.29) is 23.1 Å². The van der Waals surface area contributed by atoms with E-state index >= 15 is 0 Å². The summed E-state index contributed by atoms with van der Waals surface area (Å²) in [5.41, 5.74) is 0. The standard InChI is InChI=1S/C12H14FNO3S/c13-9-4-6-12(7-5-9)18(16,17)14-10-2-1-3-11(15)8-10/h4-7,10,14H,1-3,8H2. The number of carbonyl (C=O) groups excluding carboxylic acids is 1. The predicted octanol–water partition coefficient (Wildman–Crippen LogP) is 1.62. The second kappa shape index (κ2) is 5.16.